The number of ether oxygens (including phenoxy) is 1. The zero-order valence-corrected chi connectivity index (χ0v) is 13.1. The molecular weight excluding hydrogens is 314 g/mol. The molecule has 0 spiro atoms. The monoisotopic (exact) mass is 331 g/mol. The van der Waals surface area contributed by atoms with E-state index >= 15 is 0 Å². The van der Waals surface area contributed by atoms with E-state index in [9.17, 15) is 4.79 Å². The summed E-state index contributed by atoms with van der Waals surface area (Å²) >= 11 is 5.10. The number of thioether (sulfide) groups is 1. The zero-order valence-electron chi connectivity index (χ0n) is 10.7. The number of carbonyl (C=O) groups excluding carboxylic acids is 1. The molecule has 18 heavy (non-hydrogen) atoms. The van der Waals surface area contributed by atoms with E-state index in [2.05, 4.69) is 21.2 Å². The molecule has 1 aromatic carbocycles. The van der Waals surface area contributed by atoms with Crippen molar-refractivity contribution in [3.63, 3.8) is 0 Å². The number of nitrogens with one attached hydrogen (secondary N) is 1. The molecule has 0 aromatic heterocycles. The Morgan fingerprint density at radius 3 is 2.94 bits per heavy atom. The van der Waals surface area contributed by atoms with Crippen molar-refractivity contribution in [2.75, 3.05) is 19.4 Å². The van der Waals surface area contributed by atoms with Crippen LogP contribution < -0.4 is 10.1 Å². The van der Waals surface area contributed by atoms with Gasteiger partial charge in [0.2, 0.25) is 5.91 Å². The fourth-order valence-corrected chi connectivity index (χ4v) is 2.78. The SMILES string of the molecule is CCCNC(=O)CSCc1cc(OC)ccc1Br. The van der Waals surface area contributed by atoms with Gasteiger partial charge in [-0.25, -0.2) is 0 Å². The normalized spacial score (nSPS) is 10.2. The molecule has 0 heterocycles. The first-order chi connectivity index (χ1) is 8.67. The maximum absolute atomic E-state index is 11.4. The van der Waals surface area contributed by atoms with Gasteiger partial charge in [0.05, 0.1) is 12.9 Å². The third-order valence-electron chi connectivity index (χ3n) is 2.32. The van der Waals surface area contributed by atoms with Crippen LogP contribution in [0.3, 0.4) is 0 Å². The molecule has 1 aromatic rings. The fraction of sp³-hybridized carbons (Fsp3) is 0.462. The fourth-order valence-electron chi connectivity index (χ4n) is 1.36. The van der Waals surface area contributed by atoms with Gasteiger partial charge in [-0.05, 0) is 30.2 Å². The van der Waals surface area contributed by atoms with Crippen molar-refractivity contribution >= 4 is 33.6 Å². The van der Waals surface area contributed by atoms with Gasteiger partial charge in [0, 0.05) is 16.8 Å². The molecule has 5 heteroatoms. The molecule has 0 aliphatic rings. The summed E-state index contributed by atoms with van der Waals surface area (Å²) in [6.45, 7) is 2.79. The summed E-state index contributed by atoms with van der Waals surface area (Å²) < 4.78 is 6.23. The maximum Gasteiger partial charge on any atom is 0.230 e. The number of carbonyl (C=O) groups is 1. The first kappa shape index (κ1) is 15.4. The lowest BCUT2D eigenvalue weighted by Gasteiger charge is -2.07. The topological polar surface area (TPSA) is 38.3 Å². The summed E-state index contributed by atoms with van der Waals surface area (Å²) in [5.74, 6) is 2.21. The number of hydrogen-bond acceptors (Lipinski definition) is 3. The van der Waals surface area contributed by atoms with Crippen LogP contribution in [0.2, 0.25) is 0 Å². The average molecular weight is 332 g/mol. The van der Waals surface area contributed by atoms with E-state index in [0.717, 1.165) is 34.5 Å². The summed E-state index contributed by atoms with van der Waals surface area (Å²) in [5, 5.41) is 2.86. The number of benzene rings is 1. The van der Waals surface area contributed by atoms with Crippen LogP contribution in [0.1, 0.15) is 18.9 Å². The molecule has 0 saturated carbocycles. The van der Waals surface area contributed by atoms with Crippen LogP contribution >= 0.6 is 27.7 Å². The third-order valence-corrected chi connectivity index (χ3v) is 4.07. The molecule has 1 N–H and O–H groups in total. The van der Waals surface area contributed by atoms with Crippen LogP contribution in [0.25, 0.3) is 0 Å². The molecule has 0 atom stereocenters. The third kappa shape index (κ3) is 5.31. The van der Waals surface area contributed by atoms with E-state index in [0.29, 0.717) is 5.75 Å². The molecule has 1 rings (SSSR count). The Hall–Kier alpha value is -0.680. The van der Waals surface area contributed by atoms with E-state index in [1.807, 2.05) is 25.1 Å². The lowest BCUT2D eigenvalue weighted by Crippen LogP contribution is -2.25. The van der Waals surface area contributed by atoms with Gasteiger partial charge in [-0.2, -0.15) is 0 Å². The predicted octanol–water partition coefficient (Wildman–Crippen LogP) is 3.22. The smallest absolute Gasteiger partial charge is 0.230 e. The van der Waals surface area contributed by atoms with Gasteiger partial charge in [-0.3, -0.25) is 4.79 Å². The summed E-state index contributed by atoms with van der Waals surface area (Å²) in [7, 11) is 1.65. The Kier molecular flexibility index (Phi) is 7.20. The second-order valence-corrected chi connectivity index (χ2v) is 5.64. The van der Waals surface area contributed by atoms with Crippen molar-refractivity contribution in [1.29, 1.82) is 0 Å². The van der Waals surface area contributed by atoms with Crippen LogP contribution in [0.4, 0.5) is 0 Å². The predicted molar refractivity (Wildman–Crippen MR) is 80.2 cm³/mol. The Morgan fingerprint density at radius 2 is 2.28 bits per heavy atom. The molecule has 3 nitrogen and oxygen atoms in total. The molecule has 100 valence electrons. The van der Waals surface area contributed by atoms with Crippen LogP contribution in [0.5, 0.6) is 5.75 Å². The lowest BCUT2D eigenvalue weighted by molar-refractivity contribution is -0.118. The molecule has 0 fully saturated rings. The van der Waals surface area contributed by atoms with E-state index < -0.39 is 0 Å². The Morgan fingerprint density at radius 1 is 1.50 bits per heavy atom. The standard InChI is InChI=1S/C13H18BrNO2S/c1-3-6-15-13(16)9-18-8-10-7-11(17-2)4-5-12(10)14/h4-5,7H,3,6,8-9H2,1-2H3,(H,15,16). The van der Waals surface area contributed by atoms with E-state index in [4.69, 9.17) is 4.74 Å². The van der Waals surface area contributed by atoms with Gasteiger partial charge in [-0.15, -0.1) is 11.8 Å². The highest BCUT2D eigenvalue weighted by molar-refractivity contribution is 9.10. The molecule has 0 saturated heterocycles. The van der Waals surface area contributed by atoms with Gasteiger partial charge in [0.25, 0.3) is 0 Å². The summed E-state index contributed by atoms with van der Waals surface area (Å²) in [4.78, 5) is 11.4. The molecule has 1 amide bonds. The number of halogens is 1. The van der Waals surface area contributed by atoms with Crippen LogP contribution in [-0.2, 0) is 10.5 Å². The van der Waals surface area contributed by atoms with Gasteiger partial charge in [0.1, 0.15) is 5.75 Å². The number of methoxy groups -OCH3 is 1. The second-order valence-electron chi connectivity index (χ2n) is 3.80. The van der Waals surface area contributed by atoms with Crippen molar-refractivity contribution in [2.24, 2.45) is 0 Å². The largest absolute Gasteiger partial charge is 0.497 e. The van der Waals surface area contributed by atoms with E-state index in [1.165, 1.54) is 0 Å². The van der Waals surface area contributed by atoms with Crippen molar-refractivity contribution in [3.8, 4) is 5.75 Å². The van der Waals surface area contributed by atoms with Crippen LogP contribution in [-0.4, -0.2) is 25.3 Å². The molecule has 0 bridgehead atoms. The highest BCUT2D eigenvalue weighted by atomic mass is 79.9. The molecule has 0 radical (unpaired) electrons. The minimum absolute atomic E-state index is 0.0980. The second kappa shape index (κ2) is 8.43. The van der Waals surface area contributed by atoms with Gasteiger partial charge >= 0.3 is 0 Å². The Balaban J connectivity index is 2.41. The highest BCUT2D eigenvalue weighted by Crippen LogP contribution is 2.25. The summed E-state index contributed by atoms with van der Waals surface area (Å²) in [6.07, 6.45) is 0.970. The van der Waals surface area contributed by atoms with Gasteiger partial charge in [0.15, 0.2) is 0 Å². The lowest BCUT2D eigenvalue weighted by atomic mass is 10.2. The van der Waals surface area contributed by atoms with E-state index in [-0.39, 0.29) is 5.91 Å². The first-order valence-electron chi connectivity index (χ1n) is 5.84. The van der Waals surface area contributed by atoms with Gasteiger partial charge < -0.3 is 10.1 Å². The average Bonchev–Trinajstić information content (AvgIpc) is 2.38. The summed E-state index contributed by atoms with van der Waals surface area (Å²) in [5.41, 5.74) is 1.14. The number of amides is 1. The van der Waals surface area contributed by atoms with Crippen molar-refractivity contribution in [1.82, 2.24) is 5.32 Å². The van der Waals surface area contributed by atoms with E-state index in [1.54, 1.807) is 18.9 Å². The molecular formula is C13H18BrNO2S. The minimum atomic E-state index is 0.0980. The molecule has 0 unspecified atom stereocenters. The van der Waals surface area contributed by atoms with Crippen molar-refractivity contribution in [3.05, 3.63) is 28.2 Å². The minimum Gasteiger partial charge on any atom is -0.497 e. The molecule has 0 aliphatic carbocycles. The Bertz CT molecular complexity index is 399. The van der Waals surface area contributed by atoms with Crippen molar-refractivity contribution in [2.45, 2.75) is 19.1 Å². The quantitative estimate of drug-likeness (QED) is 0.833. The number of rotatable bonds is 7. The Labute approximate surface area is 121 Å². The highest BCUT2D eigenvalue weighted by Gasteiger charge is 2.05. The first-order valence-corrected chi connectivity index (χ1v) is 7.79. The number of hydrogen-bond donors (Lipinski definition) is 1. The summed E-state index contributed by atoms with van der Waals surface area (Å²) in [6, 6.07) is 5.86. The van der Waals surface area contributed by atoms with Crippen LogP contribution in [0.15, 0.2) is 22.7 Å². The maximum atomic E-state index is 11.4. The van der Waals surface area contributed by atoms with Crippen molar-refractivity contribution < 1.29 is 9.53 Å². The van der Waals surface area contributed by atoms with Crippen LogP contribution in [0, 0.1) is 0 Å². The molecule has 0 aliphatic heterocycles. The zero-order chi connectivity index (χ0) is 13.4. The van der Waals surface area contributed by atoms with Gasteiger partial charge in [-0.1, -0.05) is 22.9 Å².